The van der Waals surface area contributed by atoms with Crippen LogP contribution < -0.4 is 23.7 Å². The Kier molecular flexibility index (Phi) is 4.48. The summed E-state index contributed by atoms with van der Waals surface area (Å²) >= 11 is 0. The lowest BCUT2D eigenvalue weighted by molar-refractivity contribution is -0.962. The van der Waals surface area contributed by atoms with Gasteiger partial charge in [-0.2, -0.15) is 18.9 Å². The van der Waals surface area contributed by atoms with Gasteiger partial charge in [0.1, 0.15) is 39.7 Å². The van der Waals surface area contributed by atoms with Crippen molar-refractivity contribution in [3.63, 3.8) is 0 Å². The van der Waals surface area contributed by atoms with E-state index in [2.05, 4.69) is 180 Å². The van der Waals surface area contributed by atoms with Crippen LogP contribution >= 0.6 is 0 Å². The highest BCUT2D eigenvalue weighted by molar-refractivity contribution is 6.02. The van der Waals surface area contributed by atoms with Gasteiger partial charge in [-0.05, 0) is 59.7 Å². The number of benzene rings is 5. The number of hydrogen-bond acceptors (Lipinski definition) is 3. The molecule has 5 nitrogen and oxygen atoms in total. The van der Waals surface area contributed by atoms with Gasteiger partial charge in [0.2, 0.25) is 0 Å². The van der Waals surface area contributed by atoms with Crippen molar-refractivity contribution < 1.29 is 13.9 Å². The van der Waals surface area contributed by atoms with E-state index < -0.39 is 5.66 Å². The fraction of sp³-hybridized carbons (Fsp3) is 0.149. The Morgan fingerprint density at radius 3 is 1.83 bits per heavy atom. The minimum atomic E-state index is -0.793. The monoisotopic (exact) mass is 670 g/mol. The van der Waals surface area contributed by atoms with E-state index in [9.17, 15) is 0 Å². The van der Waals surface area contributed by atoms with Crippen molar-refractivity contribution >= 4 is 34.4 Å². The molecular weight excluding hydrogens is 637 g/mol. The molecule has 6 aliphatic heterocycles. The lowest BCUT2D eigenvalue weighted by atomic mass is 9.64. The van der Waals surface area contributed by atoms with Crippen molar-refractivity contribution in [2.45, 2.75) is 44.2 Å². The predicted molar refractivity (Wildman–Crippen MR) is 203 cm³/mol. The third-order valence-electron chi connectivity index (χ3n) is 13.2. The van der Waals surface area contributed by atoms with Gasteiger partial charge in [0.25, 0.3) is 11.6 Å². The Balaban J connectivity index is 1.29. The SMILES string of the molecule is CC1(C)c2cccc3c2N2c4c1ccc1c4C4(c5c(cccc5N5c6ccccc6-c6ccccc6-c6ccc[n+]4c65)O1)[n+]1cccc(c12)C3(C)C. The number of aromatic nitrogens is 2. The van der Waals surface area contributed by atoms with Gasteiger partial charge in [0.15, 0.2) is 5.69 Å². The Morgan fingerprint density at radius 2 is 1.02 bits per heavy atom. The summed E-state index contributed by atoms with van der Waals surface area (Å²) < 4.78 is 12.3. The second-order valence-electron chi connectivity index (χ2n) is 16.2. The number of para-hydroxylation sites is 2. The molecular formula is C47H34N4O+2. The minimum absolute atomic E-state index is 0.232. The lowest BCUT2D eigenvalue weighted by Crippen LogP contribution is -2.80. The molecule has 0 amide bonds. The summed E-state index contributed by atoms with van der Waals surface area (Å²) in [6, 6.07) is 45.1. The average Bonchev–Trinajstić information content (AvgIpc) is 3.29. The molecule has 1 spiro atoms. The third kappa shape index (κ3) is 2.69. The first-order valence-electron chi connectivity index (χ1n) is 18.4. The summed E-state index contributed by atoms with van der Waals surface area (Å²) in [6.45, 7) is 9.62. The van der Waals surface area contributed by atoms with Crippen molar-refractivity contribution in [1.29, 1.82) is 0 Å². The smallest absolute Gasteiger partial charge is 0.321 e. The van der Waals surface area contributed by atoms with Crippen molar-refractivity contribution in [3.05, 3.63) is 167 Å². The van der Waals surface area contributed by atoms with Crippen LogP contribution in [0.2, 0.25) is 0 Å². The average molecular weight is 671 g/mol. The number of nitrogens with zero attached hydrogens (tertiary/aromatic N) is 4. The molecule has 1 unspecified atom stereocenters. The predicted octanol–water partition coefficient (Wildman–Crippen LogP) is 10.2. The molecule has 52 heavy (non-hydrogen) atoms. The van der Waals surface area contributed by atoms with Crippen LogP contribution in [-0.2, 0) is 16.5 Å². The molecule has 1 atom stereocenters. The Labute approximate surface area is 302 Å². The highest BCUT2D eigenvalue weighted by atomic mass is 16.5. The molecule has 13 rings (SSSR count). The summed E-state index contributed by atoms with van der Waals surface area (Å²) in [5.41, 5.74) is 16.2. The Hall–Kier alpha value is -6.20. The maximum absolute atomic E-state index is 7.15. The zero-order valence-electron chi connectivity index (χ0n) is 29.4. The largest absolute Gasteiger partial charge is 0.456 e. The van der Waals surface area contributed by atoms with Gasteiger partial charge in [-0.3, -0.25) is 0 Å². The normalized spacial score (nSPS) is 19.6. The van der Waals surface area contributed by atoms with Crippen LogP contribution in [0.5, 0.6) is 11.5 Å². The van der Waals surface area contributed by atoms with E-state index >= 15 is 0 Å². The van der Waals surface area contributed by atoms with Crippen LogP contribution in [0.1, 0.15) is 61.1 Å². The van der Waals surface area contributed by atoms with Crippen LogP contribution in [0, 0.1) is 0 Å². The molecule has 8 heterocycles. The first-order valence-corrected chi connectivity index (χ1v) is 18.4. The van der Waals surface area contributed by atoms with Gasteiger partial charge in [-0.25, -0.2) is 0 Å². The quantitative estimate of drug-likeness (QED) is 0.150. The summed E-state index contributed by atoms with van der Waals surface area (Å²) in [4.78, 5) is 5.11. The zero-order valence-corrected chi connectivity index (χ0v) is 29.4. The molecule has 0 bridgehead atoms. The molecule has 0 saturated heterocycles. The second kappa shape index (κ2) is 8.46. The fourth-order valence-electron chi connectivity index (χ4n) is 11.0. The number of fused-ring (bicyclic) bond motifs is 6. The van der Waals surface area contributed by atoms with Gasteiger partial charge >= 0.3 is 5.66 Å². The Morgan fingerprint density at radius 1 is 0.442 bits per heavy atom. The summed E-state index contributed by atoms with van der Waals surface area (Å²) in [6.07, 6.45) is 4.65. The van der Waals surface area contributed by atoms with E-state index in [0.717, 1.165) is 34.3 Å². The summed E-state index contributed by atoms with van der Waals surface area (Å²) in [5.74, 6) is 4.17. The van der Waals surface area contributed by atoms with Crippen LogP contribution in [0.4, 0.5) is 34.4 Å². The van der Waals surface area contributed by atoms with E-state index in [1.807, 2.05) is 0 Å². The maximum Gasteiger partial charge on any atom is 0.321 e. The third-order valence-corrected chi connectivity index (χ3v) is 13.2. The molecule has 0 aliphatic carbocycles. The van der Waals surface area contributed by atoms with E-state index in [1.54, 1.807) is 0 Å². The number of rotatable bonds is 0. The first kappa shape index (κ1) is 27.5. The number of hydrogen-bond donors (Lipinski definition) is 0. The van der Waals surface area contributed by atoms with Gasteiger partial charge in [-0.15, -0.1) is 0 Å². The lowest BCUT2D eigenvalue weighted by Gasteiger charge is -2.51. The van der Waals surface area contributed by atoms with E-state index in [1.165, 1.54) is 67.3 Å². The molecule has 0 N–H and O–H groups in total. The maximum atomic E-state index is 7.15. The molecule has 7 aromatic rings. The second-order valence-corrected chi connectivity index (χ2v) is 16.2. The van der Waals surface area contributed by atoms with Crippen molar-refractivity contribution in [2.75, 3.05) is 9.80 Å². The van der Waals surface area contributed by atoms with Crippen molar-refractivity contribution in [3.8, 4) is 33.8 Å². The molecule has 5 heteroatoms. The Bertz CT molecular complexity index is 2850. The fourth-order valence-corrected chi connectivity index (χ4v) is 11.0. The molecule has 0 radical (unpaired) electrons. The van der Waals surface area contributed by atoms with Gasteiger partial charge in [0.05, 0.1) is 23.5 Å². The van der Waals surface area contributed by atoms with Crippen LogP contribution in [-0.4, -0.2) is 0 Å². The molecule has 246 valence electrons. The molecule has 2 aromatic heterocycles. The van der Waals surface area contributed by atoms with E-state index in [0.29, 0.717) is 0 Å². The highest BCUT2D eigenvalue weighted by Crippen LogP contribution is 2.67. The molecule has 5 aromatic carbocycles. The standard InChI is InChI=1S/C47H34N4O/c1-45(2)31-17-9-18-32-41(31)51-42-33(45)23-24-38-40(42)47(49-26-12-19-34(44(49)51)46(32,3)4)39-36(21-10-22-37(39)52-38)50-35-20-8-7-15-29(35)27-13-5-6-14-28(27)30-16-11-25-48(47)43(30)50/h5-26H,1-4H3/q+2. The minimum Gasteiger partial charge on any atom is -0.456 e. The number of ether oxygens (including phenoxy) is 1. The van der Waals surface area contributed by atoms with E-state index in [4.69, 9.17) is 4.74 Å². The van der Waals surface area contributed by atoms with E-state index in [-0.39, 0.29) is 10.8 Å². The topological polar surface area (TPSA) is 23.5 Å². The van der Waals surface area contributed by atoms with Crippen LogP contribution in [0.25, 0.3) is 22.3 Å². The van der Waals surface area contributed by atoms with Gasteiger partial charge < -0.3 is 4.74 Å². The van der Waals surface area contributed by atoms with Crippen molar-refractivity contribution in [2.24, 2.45) is 0 Å². The van der Waals surface area contributed by atoms with Crippen LogP contribution in [0.15, 0.2) is 134 Å². The highest BCUT2D eigenvalue weighted by Gasteiger charge is 2.70. The van der Waals surface area contributed by atoms with Crippen LogP contribution in [0.3, 0.4) is 0 Å². The number of pyridine rings is 2. The number of anilines is 6. The van der Waals surface area contributed by atoms with Crippen molar-refractivity contribution in [1.82, 2.24) is 0 Å². The molecule has 0 fully saturated rings. The summed E-state index contributed by atoms with van der Waals surface area (Å²) in [7, 11) is 0. The molecule has 0 saturated carbocycles. The molecule has 6 aliphatic rings. The van der Waals surface area contributed by atoms with Gasteiger partial charge in [-0.1, -0.05) is 100 Å². The van der Waals surface area contributed by atoms with Gasteiger partial charge in [0, 0.05) is 33.1 Å². The summed E-state index contributed by atoms with van der Waals surface area (Å²) in [5, 5.41) is 0. The first-order chi connectivity index (χ1) is 25.3. The zero-order chi connectivity index (χ0) is 34.5.